The fourth-order valence-corrected chi connectivity index (χ4v) is 2.94. The summed E-state index contributed by atoms with van der Waals surface area (Å²) >= 11 is 0. The van der Waals surface area contributed by atoms with Crippen molar-refractivity contribution in [1.82, 2.24) is 24.6 Å². The topological polar surface area (TPSA) is 97.2 Å². The van der Waals surface area contributed by atoms with Gasteiger partial charge in [-0.2, -0.15) is 9.90 Å². The van der Waals surface area contributed by atoms with Crippen LogP contribution in [0, 0.1) is 20.8 Å². The molecule has 0 aliphatic carbocycles. The molecule has 2 rings (SSSR count). The molecule has 0 bridgehead atoms. The van der Waals surface area contributed by atoms with E-state index in [0.29, 0.717) is 25.2 Å². The first-order valence-corrected chi connectivity index (χ1v) is 10.2. The third-order valence-corrected chi connectivity index (χ3v) is 5.38. The number of nitrogens with zero attached hydrogens (tertiary/aromatic N) is 4. The first-order chi connectivity index (χ1) is 12.1. The van der Waals surface area contributed by atoms with Gasteiger partial charge in [-0.1, -0.05) is 17.7 Å². The van der Waals surface area contributed by atoms with Crippen molar-refractivity contribution in [3.63, 3.8) is 0 Å². The number of nitrogens with one attached hydrogen (secondary N) is 1. The average Bonchev–Trinajstić information content (AvgIpc) is 2.91. The van der Waals surface area contributed by atoms with E-state index < -0.39 is 10.0 Å². The summed E-state index contributed by atoms with van der Waals surface area (Å²) < 4.78 is 23.9. The van der Waals surface area contributed by atoms with Crippen molar-refractivity contribution in [3.05, 3.63) is 40.7 Å². The van der Waals surface area contributed by atoms with Crippen LogP contribution in [0.3, 0.4) is 0 Å². The Kier molecular flexibility index (Phi) is 6.14. The standard InChI is InChI=1S/C17H25N5O3S/c1-12-7-8-15(13(2)11-12)22-19-14(3)16(20-22)17(23)18-9-6-10-21(4)26(5,24)25/h7-8,11H,6,9-10H2,1-5H3,(H,18,23). The lowest BCUT2D eigenvalue weighted by molar-refractivity contribution is 0.0947. The van der Waals surface area contributed by atoms with Gasteiger partial charge >= 0.3 is 0 Å². The highest BCUT2D eigenvalue weighted by molar-refractivity contribution is 7.88. The molecule has 0 unspecified atom stereocenters. The van der Waals surface area contributed by atoms with Gasteiger partial charge in [-0.3, -0.25) is 4.79 Å². The van der Waals surface area contributed by atoms with Gasteiger partial charge in [0.15, 0.2) is 5.69 Å². The van der Waals surface area contributed by atoms with E-state index in [-0.39, 0.29) is 11.6 Å². The Balaban J connectivity index is 2.01. The van der Waals surface area contributed by atoms with Crippen LogP contribution >= 0.6 is 0 Å². The van der Waals surface area contributed by atoms with Crippen LogP contribution in [0.4, 0.5) is 0 Å². The molecule has 0 saturated carbocycles. The average molecular weight is 379 g/mol. The van der Waals surface area contributed by atoms with E-state index in [2.05, 4.69) is 15.5 Å². The number of carbonyl (C=O) groups excluding carboxylic acids is 1. The SMILES string of the molecule is Cc1ccc(-n2nc(C)c(C(=O)NCCCN(C)S(C)(=O)=O)n2)c(C)c1. The van der Waals surface area contributed by atoms with Crippen molar-refractivity contribution in [1.29, 1.82) is 0 Å². The largest absolute Gasteiger partial charge is 0.351 e. The summed E-state index contributed by atoms with van der Waals surface area (Å²) in [6, 6.07) is 5.93. The number of amides is 1. The van der Waals surface area contributed by atoms with Crippen LogP contribution in [0.25, 0.3) is 5.69 Å². The maximum Gasteiger partial charge on any atom is 0.273 e. The van der Waals surface area contributed by atoms with E-state index in [1.165, 1.54) is 16.1 Å². The maximum atomic E-state index is 12.3. The van der Waals surface area contributed by atoms with Gasteiger partial charge in [0.25, 0.3) is 5.91 Å². The Labute approximate surface area is 154 Å². The van der Waals surface area contributed by atoms with E-state index in [1.54, 1.807) is 6.92 Å². The number of carbonyl (C=O) groups is 1. The Morgan fingerprint density at radius 1 is 1.23 bits per heavy atom. The highest BCUT2D eigenvalue weighted by atomic mass is 32.2. The monoisotopic (exact) mass is 379 g/mol. The molecule has 8 nitrogen and oxygen atoms in total. The van der Waals surface area contributed by atoms with Gasteiger partial charge in [-0.25, -0.2) is 12.7 Å². The van der Waals surface area contributed by atoms with E-state index in [1.807, 2.05) is 32.0 Å². The third kappa shape index (κ3) is 4.89. The van der Waals surface area contributed by atoms with E-state index in [9.17, 15) is 13.2 Å². The number of aromatic nitrogens is 3. The molecule has 0 fully saturated rings. The van der Waals surface area contributed by atoms with Crippen molar-refractivity contribution >= 4 is 15.9 Å². The van der Waals surface area contributed by atoms with Gasteiger partial charge in [0.1, 0.15) is 0 Å². The molecule has 0 atom stereocenters. The molecule has 0 saturated heterocycles. The predicted molar refractivity (Wildman–Crippen MR) is 100.0 cm³/mol. The molecule has 2 aromatic rings. The first-order valence-electron chi connectivity index (χ1n) is 8.30. The first kappa shape index (κ1) is 20.1. The van der Waals surface area contributed by atoms with Gasteiger partial charge in [-0.15, -0.1) is 5.10 Å². The van der Waals surface area contributed by atoms with Crippen LogP contribution < -0.4 is 5.32 Å². The molecule has 1 N–H and O–H groups in total. The highest BCUT2D eigenvalue weighted by Crippen LogP contribution is 2.15. The Hall–Kier alpha value is -2.26. The minimum atomic E-state index is -3.20. The summed E-state index contributed by atoms with van der Waals surface area (Å²) in [5.41, 5.74) is 3.80. The minimum absolute atomic E-state index is 0.265. The fraction of sp³-hybridized carbons (Fsp3) is 0.471. The van der Waals surface area contributed by atoms with E-state index >= 15 is 0 Å². The van der Waals surface area contributed by atoms with Crippen LogP contribution in [0.15, 0.2) is 18.2 Å². The second-order valence-electron chi connectivity index (χ2n) is 6.41. The molecular weight excluding hydrogens is 354 g/mol. The van der Waals surface area contributed by atoms with Crippen molar-refractivity contribution in [3.8, 4) is 5.69 Å². The lowest BCUT2D eigenvalue weighted by atomic mass is 10.1. The number of aryl methyl sites for hydroxylation is 3. The molecular formula is C17H25N5O3S. The van der Waals surface area contributed by atoms with Crippen LogP contribution in [-0.4, -0.2) is 60.0 Å². The zero-order valence-electron chi connectivity index (χ0n) is 15.8. The molecule has 9 heteroatoms. The Bertz CT molecular complexity index is 905. The number of hydrogen-bond acceptors (Lipinski definition) is 5. The van der Waals surface area contributed by atoms with Crippen molar-refractivity contribution in [2.24, 2.45) is 0 Å². The van der Waals surface area contributed by atoms with Crippen LogP contribution in [0.1, 0.15) is 33.7 Å². The molecule has 0 aliphatic rings. The molecule has 142 valence electrons. The smallest absolute Gasteiger partial charge is 0.273 e. The molecule has 1 aromatic carbocycles. The quantitative estimate of drug-likeness (QED) is 0.729. The second kappa shape index (κ2) is 7.96. The fourth-order valence-electron chi connectivity index (χ4n) is 2.48. The highest BCUT2D eigenvalue weighted by Gasteiger charge is 2.17. The van der Waals surface area contributed by atoms with Gasteiger partial charge < -0.3 is 5.32 Å². The number of rotatable bonds is 7. The number of benzene rings is 1. The number of hydrogen-bond donors (Lipinski definition) is 1. The van der Waals surface area contributed by atoms with Crippen molar-refractivity contribution in [2.45, 2.75) is 27.2 Å². The van der Waals surface area contributed by atoms with Gasteiger partial charge in [0.2, 0.25) is 10.0 Å². The second-order valence-corrected chi connectivity index (χ2v) is 8.50. The Morgan fingerprint density at radius 2 is 1.92 bits per heavy atom. The van der Waals surface area contributed by atoms with Crippen molar-refractivity contribution in [2.75, 3.05) is 26.4 Å². The van der Waals surface area contributed by atoms with Gasteiger partial charge in [0, 0.05) is 20.1 Å². The molecule has 26 heavy (non-hydrogen) atoms. The van der Waals surface area contributed by atoms with Crippen molar-refractivity contribution < 1.29 is 13.2 Å². The van der Waals surface area contributed by atoms with Crippen LogP contribution in [-0.2, 0) is 10.0 Å². The van der Waals surface area contributed by atoms with E-state index in [4.69, 9.17) is 0 Å². The summed E-state index contributed by atoms with van der Waals surface area (Å²) in [6.07, 6.45) is 1.67. The summed E-state index contributed by atoms with van der Waals surface area (Å²) in [5.74, 6) is -0.319. The molecule has 1 amide bonds. The zero-order chi connectivity index (χ0) is 19.5. The molecule has 0 aliphatic heterocycles. The summed E-state index contributed by atoms with van der Waals surface area (Å²) in [4.78, 5) is 13.8. The van der Waals surface area contributed by atoms with Crippen LogP contribution in [0.5, 0.6) is 0 Å². The third-order valence-electron chi connectivity index (χ3n) is 4.07. The normalized spacial score (nSPS) is 11.8. The summed E-state index contributed by atoms with van der Waals surface area (Å²) in [6.45, 7) is 6.42. The molecule has 1 heterocycles. The number of sulfonamides is 1. The Morgan fingerprint density at radius 3 is 2.54 bits per heavy atom. The van der Waals surface area contributed by atoms with Crippen LogP contribution in [0.2, 0.25) is 0 Å². The predicted octanol–water partition coefficient (Wildman–Crippen LogP) is 1.20. The summed E-state index contributed by atoms with van der Waals surface area (Å²) in [7, 11) is -1.69. The maximum absolute atomic E-state index is 12.3. The molecule has 0 spiro atoms. The minimum Gasteiger partial charge on any atom is -0.351 e. The lowest BCUT2D eigenvalue weighted by Crippen LogP contribution is -2.31. The van der Waals surface area contributed by atoms with Gasteiger partial charge in [-0.05, 0) is 38.8 Å². The lowest BCUT2D eigenvalue weighted by Gasteiger charge is -2.13. The van der Waals surface area contributed by atoms with Gasteiger partial charge in [0.05, 0.1) is 17.6 Å². The van der Waals surface area contributed by atoms with E-state index in [0.717, 1.165) is 23.1 Å². The molecule has 0 radical (unpaired) electrons. The molecule has 1 aromatic heterocycles. The zero-order valence-corrected chi connectivity index (χ0v) is 16.6. The summed E-state index contributed by atoms with van der Waals surface area (Å²) in [5, 5.41) is 11.4.